The Labute approximate surface area is 128 Å². The Morgan fingerprint density at radius 2 is 1.95 bits per heavy atom. The molecule has 0 spiro atoms. The Bertz CT molecular complexity index is 861. The molecule has 3 rings (SSSR count). The number of aliphatic carboxylic acids is 1. The standard InChI is InChI=1S/C17H17N3O2/c1-3-20-15-7-5-4-6-13(15)19-14-9-8-12(10-16(14)20)18-11(2)17(21)22/h4-11H,3H2,1-2H3,(H,21,22)/p+1. The van der Waals surface area contributed by atoms with Gasteiger partial charge in [0.05, 0.1) is 0 Å². The molecule has 0 saturated heterocycles. The molecule has 1 aromatic heterocycles. The van der Waals surface area contributed by atoms with Crippen molar-refractivity contribution in [1.29, 1.82) is 0 Å². The number of anilines is 1. The van der Waals surface area contributed by atoms with Gasteiger partial charge in [0.15, 0.2) is 0 Å². The molecule has 2 aromatic carbocycles. The van der Waals surface area contributed by atoms with Crippen LogP contribution >= 0.6 is 0 Å². The summed E-state index contributed by atoms with van der Waals surface area (Å²) in [5.74, 6) is -0.875. The van der Waals surface area contributed by atoms with E-state index < -0.39 is 12.0 Å². The van der Waals surface area contributed by atoms with Gasteiger partial charge in [-0.15, -0.1) is 0 Å². The number of fused-ring (bicyclic) bond motifs is 2. The third-order valence-electron chi connectivity index (χ3n) is 3.75. The smallest absolute Gasteiger partial charge is 0.325 e. The van der Waals surface area contributed by atoms with E-state index in [1.54, 1.807) is 6.92 Å². The van der Waals surface area contributed by atoms with E-state index in [1.165, 1.54) is 0 Å². The van der Waals surface area contributed by atoms with E-state index in [1.807, 2.05) is 42.5 Å². The second-order valence-electron chi connectivity index (χ2n) is 5.25. The van der Waals surface area contributed by atoms with Gasteiger partial charge in [0.1, 0.15) is 23.6 Å². The molecule has 1 unspecified atom stereocenters. The molecule has 0 aliphatic carbocycles. The fraction of sp³-hybridized carbons (Fsp3) is 0.235. The van der Waals surface area contributed by atoms with E-state index in [4.69, 9.17) is 5.11 Å². The Morgan fingerprint density at radius 1 is 1.23 bits per heavy atom. The lowest BCUT2D eigenvalue weighted by molar-refractivity contribution is -0.641. The summed E-state index contributed by atoms with van der Waals surface area (Å²) in [6.07, 6.45) is 0. The first-order chi connectivity index (χ1) is 10.6. The van der Waals surface area contributed by atoms with E-state index in [9.17, 15) is 4.79 Å². The summed E-state index contributed by atoms with van der Waals surface area (Å²) >= 11 is 0. The normalized spacial score (nSPS) is 12.5. The van der Waals surface area contributed by atoms with Gasteiger partial charge in [-0.05, 0) is 32.0 Å². The van der Waals surface area contributed by atoms with Crippen LogP contribution in [0, 0.1) is 0 Å². The molecular formula is C17H18N3O2+. The highest BCUT2D eigenvalue weighted by Crippen LogP contribution is 2.19. The molecule has 0 aliphatic heterocycles. The predicted molar refractivity (Wildman–Crippen MR) is 85.8 cm³/mol. The molecule has 1 atom stereocenters. The number of nitrogens with one attached hydrogen (secondary N) is 1. The molecule has 3 aromatic rings. The summed E-state index contributed by atoms with van der Waals surface area (Å²) in [4.78, 5) is 15.7. The van der Waals surface area contributed by atoms with Gasteiger partial charge in [0, 0.05) is 17.8 Å². The topological polar surface area (TPSA) is 66.1 Å². The minimum absolute atomic E-state index is 0.638. The third kappa shape index (κ3) is 2.45. The summed E-state index contributed by atoms with van der Waals surface area (Å²) in [6.45, 7) is 4.53. The van der Waals surface area contributed by atoms with Crippen molar-refractivity contribution in [2.75, 3.05) is 5.32 Å². The average Bonchev–Trinajstić information content (AvgIpc) is 2.52. The van der Waals surface area contributed by atoms with E-state index in [0.717, 1.165) is 34.3 Å². The van der Waals surface area contributed by atoms with Gasteiger partial charge < -0.3 is 10.4 Å². The largest absolute Gasteiger partial charge is 0.480 e. The number of benzene rings is 2. The third-order valence-corrected chi connectivity index (χ3v) is 3.75. The van der Waals surface area contributed by atoms with Gasteiger partial charge in [-0.25, -0.2) is 4.98 Å². The van der Waals surface area contributed by atoms with Gasteiger partial charge in [0.25, 0.3) is 0 Å². The first-order valence-electron chi connectivity index (χ1n) is 7.32. The summed E-state index contributed by atoms with van der Waals surface area (Å²) in [5.41, 5.74) is 4.69. The minimum atomic E-state index is -0.875. The molecule has 0 fully saturated rings. The molecule has 5 heteroatoms. The average molecular weight is 296 g/mol. The van der Waals surface area contributed by atoms with Crippen LogP contribution in [0.2, 0.25) is 0 Å². The second kappa shape index (κ2) is 5.60. The quantitative estimate of drug-likeness (QED) is 0.573. The molecule has 0 aliphatic rings. The maximum absolute atomic E-state index is 11.0. The SMILES string of the molecule is CC[n+]1c2ccccc2nc2ccc(NC(C)C(=O)O)cc21. The lowest BCUT2D eigenvalue weighted by Crippen LogP contribution is -2.35. The van der Waals surface area contributed by atoms with Crippen molar-refractivity contribution in [3.63, 3.8) is 0 Å². The van der Waals surface area contributed by atoms with Crippen molar-refractivity contribution in [2.45, 2.75) is 26.4 Å². The van der Waals surface area contributed by atoms with Gasteiger partial charge in [0.2, 0.25) is 11.0 Å². The number of hydrogen-bond acceptors (Lipinski definition) is 3. The number of rotatable bonds is 4. The van der Waals surface area contributed by atoms with Gasteiger partial charge in [-0.3, -0.25) is 4.79 Å². The highest BCUT2D eigenvalue weighted by Gasteiger charge is 2.16. The van der Waals surface area contributed by atoms with E-state index in [-0.39, 0.29) is 0 Å². The zero-order valence-corrected chi connectivity index (χ0v) is 12.6. The lowest BCUT2D eigenvalue weighted by Gasteiger charge is -2.11. The number of nitrogens with zero attached hydrogens (tertiary/aromatic N) is 2. The summed E-state index contributed by atoms with van der Waals surface area (Å²) in [6, 6.07) is 13.1. The van der Waals surface area contributed by atoms with Crippen LogP contribution in [0.1, 0.15) is 13.8 Å². The lowest BCUT2D eigenvalue weighted by atomic mass is 10.2. The van der Waals surface area contributed by atoms with E-state index in [2.05, 4.69) is 21.8 Å². The zero-order valence-electron chi connectivity index (χ0n) is 12.6. The number of aromatic nitrogens is 2. The monoisotopic (exact) mass is 296 g/mol. The predicted octanol–water partition coefficient (Wildman–Crippen LogP) is 2.58. The van der Waals surface area contributed by atoms with Crippen LogP contribution < -0.4 is 9.88 Å². The first-order valence-corrected chi connectivity index (χ1v) is 7.32. The number of carboxylic acids is 1. The maximum Gasteiger partial charge on any atom is 0.325 e. The number of aryl methyl sites for hydroxylation is 1. The fourth-order valence-corrected chi connectivity index (χ4v) is 2.62. The van der Waals surface area contributed by atoms with Crippen LogP contribution in [0.15, 0.2) is 42.5 Å². The van der Waals surface area contributed by atoms with Crippen LogP contribution in [0.5, 0.6) is 0 Å². The second-order valence-corrected chi connectivity index (χ2v) is 5.25. The Kier molecular flexibility index (Phi) is 3.63. The zero-order chi connectivity index (χ0) is 15.7. The Morgan fingerprint density at radius 3 is 2.68 bits per heavy atom. The molecule has 0 saturated carbocycles. The van der Waals surface area contributed by atoms with Crippen LogP contribution in [-0.2, 0) is 11.3 Å². The number of carbonyl (C=O) groups is 1. The first kappa shape index (κ1) is 14.3. The number of carboxylic acid groups (broad SMARTS) is 1. The van der Waals surface area contributed by atoms with E-state index >= 15 is 0 Å². The van der Waals surface area contributed by atoms with Crippen LogP contribution in [-0.4, -0.2) is 22.1 Å². The summed E-state index contributed by atoms with van der Waals surface area (Å²) < 4.78 is 2.19. The van der Waals surface area contributed by atoms with Crippen LogP contribution in [0.25, 0.3) is 22.1 Å². The van der Waals surface area contributed by atoms with Gasteiger partial charge >= 0.3 is 5.97 Å². The van der Waals surface area contributed by atoms with Gasteiger partial charge in [-0.1, -0.05) is 12.1 Å². The number of hydrogen-bond donors (Lipinski definition) is 2. The Balaban J connectivity index is 2.18. The number of para-hydroxylation sites is 2. The molecule has 0 bridgehead atoms. The molecule has 0 radical (unpaired) electrons. The summed E-state index contributed by atoms with van der Waals surface area (Å²) in [7, 11) is 0. The highest BCUT2D eigenvalue weighted by molar-refractivity contribution is 5.84. The fourth-order valence-electron chi connectivity index (χ4n) is 2.62. The highest BCUT2D eigenvalue weighted by atomic mass is 16.4. The summed E-state index contributed by atoms with van der Waals surface area (Å²) in [5, 5.41) is 12.0. The van der Waals surface area contributed by atoms with Gasteiger partial charge in [-0.2, -0.15) is 4.57 Å². The van der Waals surface area contributed by atoms with Crippen molar-refractivity contribution in [2.24, 2.45) is 0 Å². The van der Waals surface area contributed by atoms with Crippen LogP contribution in [0.4, 0.5) is 5.69 Å². The molecule has 112 valence electrons. The van der Waals surface area contributed by atoms with Crippen molar-refractivity contribution in [3.05, 3.63) is 42.5 Å². The van der Waals surface area contributed by atoms with Crippen LogP contribution in [0.3, 0.4) is 0 Å². The van der Waals surface area contributed by atoms with Crippen molar-refractivity contribution in [3.8, 4) is 0 Å². The maximum atomic E-state index is 11.0. The molecule has 5 nitrogen and oxygen atoms in total. The van der Waals surface area contributed by atoms with Crippen molar-refractivity contribution in [1.82, 2.24) is 4.98 Å². The van der Waals surface area contributed by atoms with Crippen molar-refractivity contribution < 1.29 is 14.5 Å². The minimum Gasteiger partial charge on any atom is -0.480 e. The molecular weight excluding hydrogens is 278 g/mol. The molecule has 1 heterocycles. The molecule has 2 N–H and O–H groups in total. The molecule has 22 heavy (non-hydrogen) atoms. The molecule has 0 amide bonds. The van der Waals surface area contributed by atoms with Crippen molar-refractivity contribution >= 4 is 33.7 Å². The Hall–Kier alpha value is -2.69. The van der Waals surface area contributed by atoms with E-state index in [0.29, 0.717) is 0 Å².